The van der Waals surface area contributed by atoms with Gasteiger partial charge in [-0.2, -0.15) is 0 Å². The number of carbonyl (C=O) groups is 3. The van der Waals surface area contributed by atoms with Crippen molar-refractivity contribution in [3.8, 4) is 11.5 Å². The molecule has 0 aromatic heterocycles. The highest BCUT2D eigenvalue weighted by Gasteiger charge is 2.24. The number of alkyl carbamates (subject to hydrolysis) is 1. The number of hydrogen-bond acceptors (Lipinski definition) is 7. The Balaban J connectivity index is 1.76. The average molecular weight is 521 g/mol. The number of amides is 1. The lowest BCUT2D eigenvalue weighted by molar-refractivity contribution is 0.0524. The second kappa shape index (κ2) is 12.6. The molecule has 0 aliphatic rings. The molecule has 0 radical (unpaired) electrons. The molecule has 38 heavy (non-hydrogen) atoms. The summed E-state index contributed by atoms with van der Waals surface area (Å²) in [4.78, 5) is 37.1. The van der Waals surface area contributed by atoms with Gasteiger partial charge in [0.15, 0.2) is 5.75 Å². The number of carboxylic acid groups (broad SMARTS) is 1. The normalized spacial score (nSPS) is 10.9. The SMILES string of the molecule is CC(C)(C)OC(=O)NCCCOc1ccccc1C(=O)c1ccc(C(=O)O)c(N)c1OCc1ccccc1. The van der Waals surface area contributed by atoms with Gasteiger partial charge in [0.1, 0.15) is 18.0 Å². The molecule has 0 heterocycles. The smallest absolute Gasteiger partial charge is 0.407 e. The predicted molar refractivity (Wildman–Crippen MR) is 143 cm³/mol. The van der Waals surface area contributed by atoms with E-state index in [1.54, 1.807) is 45.0 Å². The topological polar surface area (TPSA) is 137 Å². The molecule has 3 rings (SSSR count). The fraction of sp³-hybridized carbons (Fsp3) is 0.276. The van der Waals surface area contributed by atoms with Gasteiger partial charge in [0.2, 0.25) is 5.78 Å². The molecule has 4 N–H and O–H groups in total. The number of nitrogen functional groups attached to an aromatic ring is 1. The zero-order valence-electron chi connectivity index (χ0n) is 21.7. The van der Waals surface area contributed by atoms with E-state index < -0.39 is 23.4 Å². The number of ketones is 1. The minimum Gasteiger partial charge on any atom is -0.493 e. The van der Waals surface area contributed by atoms with Crippen LogP contribution in [0.3, 0.4) is 0 Å². The molecule has 0 aliphatic heterocycles. The van der Waals surface area contributed by atoms with Crippen molar-refractivity contribution in [2.24, 2.45) is 0 Å². The predicted octanol–water partition coefficient (Wildman–Crippen LogP) is 5.07. The van der Waals surface area contributed by atoms with Gasteiger partial charge in [-0.05, 0) is 57.0 Å². The third-order valence-corrected chi connectivity index (χ3v) is 5.28. The van der Waals surface area contributed by atoms with Gasteiger partial charge < -0.3 is 30.4 Å². The maximum atomic E-state index is 13.6. The first-order chi connectivity index (χ1) is 18.1. The van der Waals surface area contributed by atoms with Gasteiger partial charge in [0, 0.05) is 6.54 Å². The summed E-state index contributed by atoms with van der Waals surface area (Å²) in [6.07, 6.45) is -0.0356. The van der Waals surface area contributed by atoms with Gasteiger partial charge in [-0.25, -0.2) is 9.59 Å². The first kappa shape index (κ1) is 28.0. The number of rotatable bonds is 11. The molecule has 3 aromatic rings. The van der Waals surface area contributed by atoms with Gasteiger partial charge in [-0.1, -0.05) is 42.5 Å². The third-order valence-electron chi connectivity index (χ3n) is 5.28. The molecule has 9 nitrogen and oxygen atoms in total. The molecule has 1 amide bonds. The second-order valence-corrected chi connectivity index (χ2v) is 9.44. The van der Waals surface area contributed by atoms with Crippen LogP contribution in [-0.4, -0.2) is 41.7 Å². The van der Waals surface area contributed by atoms with E-state index in [-0.39, 0.29) is 41.3 Å². The van der Waals surface area contributed by atoms with Gasteiger partial charge in [0.05, 0.1) is 29.0 Å². The third kappa shape index (κ3) is 7.73. The zero-order chi connectivity index (χ0) is 27.7. The zero-order valence-corrected chi connectivity index (χ0v) is 21.7. The summed E-state index contributed by atoms with van der Waals surface area (Å²) in [7, 11) is 0. The Labute approximate surface area is 221 Å². The number of anilines is 1. The number of nitrogens with two attached hydrogens (primary N) is 1. The van der Waals surface area contributed by atoms with Crippen molar-refractivity contribution < 1.29 is 33.7 Å². The van der Waals surface area contributed by atoms with Crippen molar-refractivity contribution in [3.63, 3.8) is 0 Å². The van der Waals surface area contributed by atoms with Crippen LogP contribution in [0.1, 0.15) is 59.0 Å². The molecule has 0 spiro atoms. The van der Waals surface area contributed by atoms with Crippen LogP contribution in [0.15, 0.2) is 66.7 Å². The van der Waals surface area contributed by atoms with Crippen molar-refractivity contribution in [1.29, 1.82) is 0 Å². The lowest BCUT2D eigenvalue weighted by atomic mass is 9.98. The van der Waals surface area contributed by atoms with Crippen molar-refractivity contribution >= 4 is 23.5 Å². The fourth-order valence-electron chi connectivity index (χ4n) is 3.53. The van der Waals surface area contributed by atoms with Crippen LogP contribution in [-0.2, 0) is 11.3 Å². The van der Waals surface area contributed by atoms with Crippen molar-refractivity contribution in [2.75, 3.05) is 18.9 Å². The van der Waals surface area contributed by atoms with E-state index in [9.17, 15) is 19.5 Å². The van der Waals surface area contributed by atoms with Crippen LogP contribution in [0.25, 0.3) is 0 Å². The number of benzene rings is 3. The Morgan fingerprint density at radius 3 is 2.21 bits per heavy atom. The molecule has 0 saturated heterocycles. The molecule has 9 heteroatoms. The van der Waals surface area contributed by atoms with Crippen molar-refractivity contribution in [1.82, 2.24) is 5.32 Å². The number of nitrogens with one attached hydrogen (secondary N) is 1. The Bertz CT molecular complexity index is 1280. The Hall–Kier alpha value is -4.53. The number of hydrogen-bond donors (Lipinski definition) is 3. The molecule has 0 aliphatic carbocycles. The number of para-hydroxylation sites is 1. The summed E-state index contributed by atoms with van der Waals surface area (Å²) >= 11 is 0. The summed E-state index contributed by atoms with van der Waals surface area (Å²) in [6, 6.07) is 18.6. The van der Waals surface area contributed by atoms with Crippen LogP contribution < -0.4 is 20.5 Å². The molecule has 0 saturated carbocycles. The Morgan fingerprint density at radius 1 is 0.868 bits per heavy atom. The Morgan fingerprint density at radius 2 is 1.53 bits per heavy atom. The van der Waals surface area contributed by atoms with Crippen LogP contribution in [0.2, 0.25) is 0 Å². The number of ether oxygens (including phenoxy) is 3. The standard InChI is InChI=1S/C29H32N2O7/c1-29(2,3)38-28(35)31-16-9-17-36-23-13-8-7-12-20(23)25(32)22-15-14-21(27(33)34)24(30)26(22)37-18-19-10-5-4-6-11-19/h4-8,10-15H,9,16-18,30H2,1-3H3,(H,31,35)(H,33,34). The van der Waals surface area contributed by atoms with Crippen LogP contribution >= 0.6 is 0 Å². The number of aromatic carboxylic acids is 1. The highest BCUT2D eigenvalue weighted by Crippen LogP contribution is 2.34. The molecule has 3 aromatic carbocycles. The Kier molecular flexibility index (Phi) is 9.32. The maximum absolute atomic E-state index is 13.6. The van der Waals surface area contributed by atoms with E-state index in [4.69, 9.17) is 19.9 Å². The van der Waals surface area contributed by atoms with Crippen LogP contribution in [0, 0.1) is 0 Å². The fourth-order valence-corrected chi connectivity index (χ4v) is 3.53. The van der Waals surface area contributed by atoms with Gasteiger partial charge >= 0.3 is 12.1 Å². The van der Waals surface area contributed by atoms with E-state index in [1.165, 1.54) is 12.1 Å². The second-order valence-electron chi connectivity index (χ2n) is 9.44. The lowest BCUT2D eigenvalue weighted by Gasteiger charge is -2.19. The molecule has 0 atom stereocenters. The van der Waals surface area contributed by atoms with Gasteiger partial charge in [-0.15, -0.1) is 0 Å². The first-order valence-corrected chi connectivity index (χ1v) is 12.1. The lowest BCUT2D eigenvalue weighted by Crippen LogP contribution is -2.33. The molecule has 0 fully saturated rings. The number of carboxylic acids is 1. The van der Waals surface area contributed by atoms with Crippen molar-refractivity contribution in [3.05, 3.63) is 89.0 Å². The maximum Gasteiger partial charge on any atom is 0.407 e. The van der Waals surface area contributed by atoms with E-state index in [1.807, 2.05) is 30.3 Å². The highest BCUT2D eigenvalue weighted by molar-refractivity contribution is 6.14. The monoisotopic (exact) mass is 520 g/mol. The summed E-state index contributed by atoms with van der Waals surface area (Å²) in [5.74, 6) is -1.33. The largest absolute Gasteiger partial charge is 0.493 e. The highest BCUT2D eigenvalue weighted by atomic mass is 16.6. The summed E-state index contributed by atoms with van der Waals surface area (Å²) < 4.78 is 16.9. The quantitative estimate of drug-likeness (QED) is 0.181. The van der Waals surface area contributed by atoms with E-state index in [2.05, 4.69) is 5.32 Å². The van der Waals surface area contributed by atoms with Gasteiger partial charge in [-0.3, -0.25) is 4.79 Å². The van der Waals surface area contributed by atoms with Crippen LogP contribution in [0.4, 0.5) is 10.5 Å². The molecule has 200 valence electrons. The molecular formula is C29H32N2O7. The van der Waals surface area contributed by atoms with E-state index >= 15 is 0 Å². The number of carbonyl (C=O) groups excluding carboxylic acids is 2. The van der Waals surface area contributed by atoms with Gasteiger partial charge in [0.25, 0.3) is 0 Å². The first-order valence-electron chi connectivity index (χ1n) is 12.1. The van der Waals surface area contributed by atoms with E-state index in [0.29, 0.717) is 18.7 Å². The summed E-state index contributed by atoms with van der Waals surface area (Å²) in [6.45, 7) is 6.00. The molecule has 0 bridgehead atoms. The average Bonchev–Trinajstić information content (AvgIpc) is 2.87. The minimum atomic E-state index is -1.23. The van der Waals surface area contributed by atoms with Crippen LogP contribution in [0.5, 0.6) is 11.5 Å². The van der Waals surface area contributed by atoms with E-state index in [0.717, 1.165) is 5.56 Å². The summed E-state index contributed by atoms with van der Waals surface area (Å²) in [5, 5.41) is 12.2. The molecular weight excluding hydrogens is 488 g/mol. The van der Waals surface area contributed by atoms with Crippen molar-refractivity contribution in [2.45, 2.75) is 39.4 Å². The summed E-state index contributed by atoms with van der Waals surface area (Å²) in [5.41, 5.74) is 6.47. The minimum absolute atomic E-state index is 0.00452. The molecule has 0 unspecified atom stereocenters.